The molecule has 0 bridgehead atoms. The molecule has 110 valence electrons. The average molecular weight is 278 g/mol. The molecule has 0 radical (unpaired) electrons. The van der Waals surface area contributed by atoms with Gasteiger partial charge in [0.1, 0.15) is 6.61 Å². The number of hydrogen-bond acceptors (Lipinski definition) is 2. The molecule has 0 unspecified atom stereocenters. The fraction of sp³-hybridized carbons (Fsp3) is 0.588. The van der Waals surface area contributed by atoms with E-state index in [1.165, 1.54) is 0 Å². The van der Waals surface area contributed by atoms with Crippen molar-refractivity contribution >= 4 is 5.97 Å². The van der Waals surface area contributed by atoms with Gasteiger partial charge in [0.2, 0.25) is 0 Å². The summed E-state index contributed by atoms with van der Waals surface area (Å²) < 4.78 is 18.0. The fourth-order valence-corrected chi connectivity index (χ4v) is 2.90. The minimum absolute atomic E-state index is 0.00164. The van der Waals surface area contributed by atoms with Crippen LogP contribution in [0.25, 0.3) is 0 Å². The summed E-state index contributed by atoms with van der Waals surface area (Å²) in [5.41, 5.74) is 1.01. The van der Waals surface area contributed by atoms with E-state index in [0.29, 0.717) is 12.5 Å². The molecular weight excluding hydrogens is 255 g/mol. The van der Waals surface area contributed by atoms with Crippen molar-refractivity contribution in [3.05, 3.63) is 35.9 Å². The molecule has 1 aromatic rings. The Bertz CT molecular complexity index is 410. The lowest BCUT2D eigenvalue weighted by molar-refractivity contribution is -0.151. The normalized spacial score (nSPS) is 24.1. The van der Waals surface area contributed by atoms with E-state index in [1.54, 1.807) is 0 Å². The highest BCUT2D eigenvalue weighted by molar-refractivity contribution is 5.72. The summed E-state index contributed by atoms with van der Waals surface area (Å²) in [4.78, 5) is 12.0. The third-order valence-electron chi connectivity index (χ3n) is 4.38. The van der Waals surface area contributed by atoms with Crippen molar-refractivity contribution in [2.45, 2.75) is 39.2 Å². The maximum Gasteiger partial charge on any atom is 0.309 e. The average Bonchev–Trinajstić information content (AvgIpc) is 2.53. The van der Waals surface area contributed by atoms with Crippen molar-refractivity contribution in [1.29, 1.82) is 0 Å². The standard InChI is InChI=1S/C17H23FO2/c1-13(11-18)15-7-9-16(10-8-15)17(19)20-12-14-5-3-2-4-6-14/h2-6,13,15-16H,7-12H2,1H3/t13-,15-,16-/m0/s1. The maximum atomic E-state index is 12.6. The number of carbonyl (C=O) groups is 1. The second-order valence-corrected chi connectivity index (χ2v) is 5.84. The molecule has 0 spiro atoms. The van der Waals surface area contributed by atoms with Crippen LogP contribution in [-0.2, 0) is 16.1 Å². The first-order chi connectivity index (χ1) is 9.70. The van der Waals surface area contributed by atoms with Crippen LogP contribution in [0.2, 0.25) is 0 Å². The summed E-state index contributed by atoms with van der Waals surface area (Å²) >= 11 is 0. The van der Waals surface area contributed by atoms with Gasteiger partial charge in [0, 0.05) is 0 Å². The van der Waals surface area contributed by atoms with Crippen molar-refractivity contribution < 1.29 is 13.9 Å². The molecular formula is C17H23FO2. The first-order valence-corrected chi connectivity index (χ1v) is 7.47. The number of hydrogen-bond donors (Lipinski definition) is 0. The molecule has 0 aliphatic heterocycles. The Morgan fingerprint density at radius 3 is 2.50 bits per heavy atom. The first kappa shape index (κ1) is 15.0. The fourth-order valence-electron chi connectivity index (χ4n) is 2.90. The summed E-state index contributed by atoms with van der Waals surface area (Å²) in [7, 11) is 0. The third-order valence-corrected chi connectivity index (χ3v) is 4.38. The lowest BCUT2D eigenvalue weighted by Gasteiger charge is -2.30. The SMILES string of the molecule is C[C@@H](CF)[C@H]1CC[C@H](C(=O)OCc2ccccc2)CC1. The number of benzene rings is 1. The van der Waals surface area contributed by atoms with Crippen LogP contribution in [0.15, 0.2) is 30.3 Å². The molecule has 20 heavy (non-hydrogen) atoms. The van der Waals surface area contributed by atoms with Crippen molar-refractivity contribution in [2.24, 2.45) is 17.8 Å². The van der Waals surface area contributed by atoms with Crippen molar-refractivity contribution in [3.63, 3.8) is 0 Å². The van der Waals surface area contributed by atoms with Gasteiger partial charge in [-0.25, -0.2) is 0 Å². The number of ether oxygens (including phenoxy) is 1. The molecule has 2 rings (SSSR count). The number of halogens is 1. The van der Waals surface area contributed by atoms with Crippen molar-refractivity contribution in [2.75, 3.05) is 6.67 Å². The van der Waals surface area contributed by atoms with E-state index in [2.05, 4.69) is 0 Å². The Labute approximate surface area is 120 Å². The van der Waals surface area contributed by atoms with Crippen LogP contribution in [0.4, 0.5) is 4.39 Å². The van der Waals surface area contributed by atoms with Crippen LogP contribution in [0.5, 0.6) is 0 Å². The number of rotatable bonds is 5. The van der Waals surface area contributed by atoms with Crippen LogP contribution in [0, 0.1) is 17.8 Å². The predicted octanol–water partition coefficient (Wildman–Crippen LogP) is 4.14. The molecule has 1 saturated carbocycles. The summed E-state index contributed by atoms with van der Waals surface area (Å²) in [6, 6.07) is 9.72. The monoisotopic (exact) mass is 278 g/mol. The molecule has 1 aliphatic rings. The highest BCUT2D eigenvalue weighted by Gasteiger charge is 2.29. The van der Waals surface area contributed by atoms with E-state index in [0.717, 1.165) is 31.2 Å². The van der Waals surface area contributed by atoms with Gasteiger partial charge in [-0.2, -0.15) is 0 Å². The van der Waals surface area contributed by atoms with Gasteiger partial charge in [-0.3, -0.25) is 9.18 Å². The maximum absolute atomic E-state index is 12.6. The molecule has 0 amide bonds. The van der Waals surface area contributed by atoms with E-state index in [9.17, 15) is 9.18 Å². The predicted molar refractivity (Wildman–Crippen MR) is 76.8 cm³/mol. The summed E-state index contributed by atoms with van der Waals surface area (Å²) in [5, 5.41) is 0. The van der Waals surface area contributed by atoms with Crippen molar-refractivity contribution in [3.8, 4) is 0 Å². The highest BCUT2D eigenvalue weighted by atomic mass is 19.1. The van der Waals surface area contributed by atoms with Crippen LogP contribution >= 0.6 is 0 Å². The second kappa shape index (κ2) is 7.41. The number of carbonyl (C=O) groups excluding carboxylic acids is 1. The Hall–Kier alpha value is -1.38. The molecule has 2 nitrogen and oxygen atoms in total. The van der Waals surface area contributed by atoms with Crippen LogP contribution in [0.3, 0.4) is 0 Å². The van der Waals surface area contributed by atoms with E-state index >= 15 is 0 Å². The minimum Gasteiger partial charge on any atom is -0.461 e. The van der Waals surface area contributed by atoms with E-state index in [4.69, 9.17) is 4.74 Å². The zero-order chi connectivity index (χ0) is 14.4. The Morgan fingerprint density at radius 1 is 1.25 bits per heavy atom. The Balaban J connectivity index is 1.75. The lowest BCUT2D eigenvalue weighted by atomic mass is 9.77. The molecule has 1 aromatic carbocycles. The summed E-state index contributed by atoms with van der Waals surface area (Å²) in [6.07, 6.45) is 3.55. The van der Waals surface area contributed by atoms with Crippen molar-refractivity contribution in [1.82, 2.24) is 0 Å². The third kappa shape index (κ3) is 4.06. The molecule has 0 N–H and O–H groups in total. The first-order valence-electron chi connectivity index (χ1n) is 7.47. The van der Waals surface area contributed by atoms with Gasteiger partial charge in [0.25, 0.3) is 0 Å². The van der Waals surface area contributed by atoms with E-state index in [1.807, 2.05) is 37.3 Å². The Kier molecular flexibility index (Phi) is 5.57. The molecule has 0 saturated heterocycles. The topological polar surface area (TPSA) is 26.3 Å². The molecule has 0 aromatic heterocycles. The minimum atomic E-state index is -0.256. The van der Waals surface area contributed by atoms with Gasteiger partial charge in [-0.05, 0) is 43.1 Å². The number of alkyl halides is 1. The number of esters is 1. The molecule has 0 heterocycles. The zero-order valence-electron chi connectivity index (χ0n) is 12.1. The Morgan fingerprint density at radius 2 is 1.90 bits per heavy atom. The van der Waals surface area contributed by atoms with Gasteiger partial charge >= 0.3 is 5.97 Å². The summed E-state index contributed by atoms with van der Waals surface area (Å²) in [6.45, 7) is 2.05. The highest BCUT2D eigenvalue weighted by Crippen LogP contribution is 2.34. The zero-order valence-corrected chi connectivity index (χ0v) is 12.1. The molecule has 3 heteroatoms. The second-order valence-electron chi connectivity index (χ2n) is 5.84. The molecule has 1 fully saturated rings. The van der Waals surface area contributed by atoms with E-state index in [-0.39, 0.29) is 24.5 Å². The van der Waals surface area contributed by atoms with Gasteiger partial charge in [0.05, 0.1) is 12.6 Å². The smallest absolute Gasteiger partial charge is 0.309 e. The quantitative estimate of drug-likeness (QED) is 0.757. The van der Waals surface area contributed by atoms with Gasteiger partial charge in [-0.15, -0.1) is 0 Å². The van der Waals surface area contributed by atoms with Crippen LogP contribution in [-0.4, -0.2) is 12.6 Å². The summed E-state index contributed by atoms with van der Waals surface area (Å²) in [5.74, 6) is 0.455. The van der Waals surface area contributed by atoms with Gasteiger partial charge in [-0.1, -0.05) is 37.3 Å². The van der Waals surface area contributed by atoms with Crippen LogP contribution in [0.1, 0.15) is 38.2 Å². The lowest BCUT2D eigenvalue weighted by Crippen LogP contribution is -2.26. The largest absolute Gasteiger partial charge is 0.461 e. The van der Waals surface area contributed by atoms with Gasteiger partial charge < -0.3 is 4.74 Å². The van der Waals surface area contributed by atoms with E-state index < -0.39 is 0 Å². The molecule has 1 aliphatic carbocycles. The van der Waals surface area contributed by atoms with Gasteiger partial charge in [0.15, 0.2) is 0 Å². The van der Waals surface area contributed by atoms with Crippen LogP contribution < -0.4 is 0 Å². The molecule has 1 atom stereocenters.